The number of rotatable bonds is 6. The monoisotopic (exact) mass is 589 g/mol. The van der Waals surface area contributed by atoms with E-state index in [1.807, 2.05) is 18.2 Å². The maximum Gasteiger partial charge on any atom is 0.323 e. The second-order valence-electron chi connectivity index (χ2n) is 12.1. The Kier molecular flexibility index (Phi) is 7.66. The smallest absolute Gasteiger partial charge is 0.323 e. The first kappa shape index (κ1) is 28.6. The molecule has 2 aliphatic heterocycles. The van der Waals surface area contributed by atoms with Crippen LogP contribution in [0.1, 0.15) is 77.7 Å². The van der Waals surface area contributed by atoms with Crippen molar-refractivity contribution in [2.24, 2.45) is 5.92 Å². The largest absolute Gasteiger partial charge is 0.496 e. The van der Waals surface area contributed by atoms with E-state index < -0.39 is 18.1 Å². The fourth-order valence-electron chi connectivity index (χ4n) is 7.04. The number of carboxylic acids is 1. The lowest BCUT2D eigenvalue weighted by Gasteiger charge is -2.51. The number of carboxylic acid groups (broad SMARTS) is 1. The van der Waals surface area contributed by atoms with Crippen molar-refractivity contribution in [1.29, 1.82) is 0 Å². The highest BCUT2D eigenvalue weighted by Crippen LogP contribution is 2.56. The van der Waals surface area contributed by atoms with Crippen LogP contribution in [0, 0.1) is 5.92 Å². The predicted molar refractivity (Wildman–Crippen MR) is 159 cm³/mol. The van der Waals surface area contributed by atoms with Crippen molar-refractivity contribution in [3.63, 3.8) is 0 Å². The Balaban J connectivity index is 1.32. The van der Waals surface area contributed by atoms with Crippen molar-refractivity contribution in [3.05, 3.63) is 93.5 Å². The second-order valence-corrected chi connectivity index (χ2v) is 12.5. The molecule has 0 bridgehead atoms. The minimum Gasteiger partial charge on any atom is -0.496 e. The number of benzene rings is 3. The molecule has 6 rings (SSSR count). The third-order valence-electron chi connectivity index (χ3n) is 9.08. The second kappa shape index (κ2) is 11.3. The molecule has 2 heterocycles. The van der Waals surface area contributed by atoms with Crippen LogP contribution in [0.3, 0.4) is 0 Å². The first-order chi connectivity index (χ1) is 20.1. The summed E-state index contributed by atoms with van der Waals surface area (Å²) in [5.74, 6) is 0.478. The number of amides is 1. The van der Waals surface area contributed by atoms with E-state index in [4.69, 9.17) is 25.8 Å². The SMILES string of the molecule is COc1cccc2c1CCC[C@H]1O[C@H]3c4cc(C(=O)N(CC(=O)O)Cc5ccc(Cl)cc5)ccc4OC(C)(C)[C@@H]3C[C@H]21. The van der Waals surface area contributed by atoms with Crippen LogP contribution in [0.25, 0.3) is 0 Å². The van der Waals surface area contributed by atoms with Gasteiger partial charge in [-0.25, -0.2) is 0 Å². The molecule has 42 heavy (non-hydrogen) atoms. The summed E-state index contributed by atoms with van der Waals surface area (Å²) in [6.07, 6.45) is 3.58. The molecule has 4 atom stereocenters. The molecule has 1 fully saturated rings. The molecule has 0 saturated carbocycles. The molecule has 0 spiro atoms. The topological polar surface area (TPSA) is 85.3 Å². The summed E-state index contributed by atoms with van der Waals surface area (Å²) in [4.78, 5) is 26.8. The van der Waals surface area contributed by atoms with Gasteiger partial charge in [-0.2, -0.15) is 0 Å². The van der Waals surface area contributed by atoms with Gasteiger partial charge in [-0.05, 0) is 92.6 Å². The Morgan fingerprint density at radius 2 is 1.88 bits per heavy atom. The molecule has 7 nitrogen and oxygen atoms in total. The van der Waals surface area contributed by atoms with E-state index in [0.717, 1.165) is 42.6 Å². The van der Waals surface area contributed by atoms with Gasteiger partial charge in [0.2, 0.25) is 0 Å². The van der Waals surface area contributed by atoms with Gasteiger partial charge in [-0.3, -0.25) is 9.59 Å². The molecule has 1 aliphatic carbocycles. The van der Waals surface area contributed by atoms with Crippen LogP contribution in [0.4, 0.5) is 0 Å². The first-order valence-corrected chi connectivity index (χ1v) is 14.9. The van der Waals surface area contributed by atoms with Gasteiger partial charge < -0.3 is 24.2 Å². The number of hydrogen-bond donors (Lipinski definition) is 1. The zero-order valence-corrected chi connectivity index (χ0v) is 24.9. The van der Waals surface area contributed by atoms with Crippen molar-refractivity contribution in [1.82, 2.24) is 4.90 Å². The molecule has 1 amide bonds. The van der Waals surface area contributed by atoms with E-state index in [0.29, 0.717) is 16.3 Å². The highest BCUT2D eigenvalue weighted by atomic mass is 35.5. The van der Waals surface area contributed by atoms with Gasteiger partial charge in [0.1, 0.15) is 23.6 Å². The summed E-state index contributed by atoms with van der Waals surface area (Å²) < 4.78 is 19.3. The molecule has 8 heteroatoms. The highest BCUT2D eigenvalue weighted by Gasteiger charge is 2.51. The highest BCUT2D eigenvalue weighted by molar-refractivity contribution is 6.30. The zero-order valence-electron chi connectivity index (χ0n) is 24.1. The Morgan fingerprint density at radius 1 is 1.10 bits per heavy atom. The van der Waals surface area contributed by atoms with Crippen molar-refractivity contribution >= 4 is 23.5 Å². The normalized spacial score (nSPS) is 23.6. The van der Waals surface area contributed by atoms with Crippen LogP contribution < -0.4 is 9.47 Å². The predicted octanol–water partition coefficient (Wildman–Crippen LogP) is 6.81. The molecule has 1 saturated heterocycles. The van der Waals surface area contributed by atoms with E-state index >= 15 is 0 Å². The third kappa shape index (κ3) is 5.36. The van der Waals surface area contributed by atoms with E-state index in [2.05, 4.69) is 26.0 Å². The van der Waals surface area contributed by atoms with Crippen LogP contribution in [0.2, 0.25) is 5.02 Å². The third-order valence-corrected chi connectivity index (χ3v) is 9.33. The fourth-order valence-corrected chi connectivity index (χ4v) is 7.17. The van der Waals surface area contributed by atoms with Crippen LogP contribution in [0.15, 0.2) is 60.7 Å². The van der Waals surface area contributed by atoms with Crippen LogP contribution in [0.5, 0.6) is 11.5 Å². The van der Waals surface area contributed by atoms with Gasteiger partial charge in [0.15, 0.2) is 0 Å². The molecule has 0 radical (unpaired) electrons. The molecule has 1 N–H and O–H groups in total. The maximum atomic E-state index is 13.7. The van der Waals surface area contributed by atoms with Gasteiger partial charge in [0.05, 0.1) is 19.3 Å². The van der Waals surface area contributed by atoms with Crippen LogP contribution >= 0.6 is 11.6 Å². The summed E-state index contributed by atoms with van der Waals surface area (Å²) in [6, 6.07) is 18.7. The number of carbonyl (C=O) groups is 2. The zero-order chi connectivity index (χ0) is 29.6. The summed E-state index contributed by atoms with van der Waals surface area (Å²) in [5.41, 5.74) is 4.14. The maximum absolute atomic E-state index is 13.7. The molecule has 220 valence electrons. The molecule has 3 aliphatic rings. The standard InChI is InChI=1S/C34H36ClNO6/c1-34(2)27-17-25-23-6-4-8-28(40-3)24(23)7-5-9-29(25)41-32(27)26-16-21(12-15-30(26)42-34)33(39)36(19-31(37)38)18-20-10-13-22(35)14-11-20/h4,6,8,10-16,25,27,29,32H,5,7,9,17-19H2,1-3H3,(H,37,38)/t25-,27-,29-,32+/m1/s1. The molecule has 0 aromatic heterocycles. The number of methoxy groups -OCH3 is 1. The summed E-state index contributed by atoms with van der Waals surface area (Å²) in [6.45, 7) is 3.95. The number of carbonyl (C=O) groups excluding carboxylic acids is 1. The Labute approximate surface area is 251 Å². The van der Waals surface area contributed by atoms with E-state index in [-0.39, 0.29) is 36.5 Å². The van der Waals surface area contributed by atoms with Crippen molar-refractivity contribution in [2.45, 2.75) is 69.8 Å². The van der Waals surface area contributed by atoms with Gasteiger partial charge in [0.25, 0.3) is 5.91 Å². The molecule has 0 unspecified atom stereocenters. The average Bonchev–Trinajstić information content (AvgIpc) is 3.15. The molecule has 3 aromatic rings. The number of nitrogens with zero attached hydrogens (tertiary/aromatic N) is 1. The number of aliphatic carboxylic acids is 1. The lowest BCUT2D eigenvalue weighted by molar-refractivity contribution is -0.159. The van der Waals surface area contributed by atoms with Gasteiger partial charge in [-0.15, -0.1) is 0 Å². The fraction of sp³-hybridized carbons (Fsp3) is 0.412. The van der Waals surface area contributed by atoms with E-state index in [1.54, 1.807) is 37.4 Å². The van der Waals surface area contributed by atoms with E-state index in [1.165, 1.54) is 16.0 Å². The van der Waals surface area contributed by atoms with Crippen LogP contribution in [-0.2, 0) is 22.5 Å². The Hall–Kier alpha value is -3.55. The van der Waals surface area contributed by atoms with E-state index in [9.17, 15) is 14.7 Å². The summed E-state index contributed by atoms with van der Waals surface area (Å²) in [5, 5.41) is 10.2. The summed E-state index contributed by atoms with van der Waals surface area (Å²) >= 11 is 6.02. The quantitative estimate of drug-likeness (QED) is 0.340. The van der Waals surface area contributed by atoms with Gasteiger partial charge in [0, 0.05) is 34.5 Å². The van der Waals surface area contributed by atoms with Crippen LogP contribution in [-0.4, -0.2) is 47.2 Å². The number of halogens is 1. The number of fused-ring (bicyclic) bond motifs is 6. The lowest BCUT2D eigenvalue weighted by atomic mass is 9.69. The van der Waals surface area contributed by atoms with Crippen molar-refractivity contribution in [2.75, 3.05) is 13.7 Å². The van der Waals surface area contributed by atoms with Gasteiger partial charge in [-0.1, -0.05) is 35.9 Å². The Bertz CT molecular complexity index is 1500. The molecular formula is C34H36ClNO6. The molecular weight excluding hydrogens is 554 g/mol. The molecule has 3 aromatic carbocycles. The number of ether oxygens (including phenoxy) is 3. The first-order valence-electron chi connectivity index (χ1n) is 14.5. The minimum atomic E-state index is -1.08. The van der Waals surface area contributed by atoms with Crippen molar-refractivity contribution in [3.8, 4) is 11.5 Å². The Morgan fingerprint density at radius 3 is 2.62 bits per heavy atom. The van der Waals surface area contributed by atoms with Gasteiger partial charge >= 0.3 is 5.97 Å². The average molecular weight is 590 g/mol. The lowest BCUT2D eigenvalue weighted by Crippen LogP contribution is -2.50. The van der Waals surface area contributed by atoms with Crippen molar-refractivity contribution < 1.29 is 28.9 Å². The summed E-state index contributed by atoms with van der Waals surface area (Å²) in [7, 11) is 1.73. The number of hydrogen-bond acceptors (Lipinski definition) is 5. The minimum absolute atomic E-state index is 0.0362.